The number of nitrogens with one attached hydrogen (secondary N) is 1. The number of hydrogen-bond donors (Lipinski definition) is 1. The topological polar surface area (TPSA) is 58.6 Å². The van der Waals surface area contributed by atoms with Crippen LogP contribution in [0, 0.1) is 6.92 Å². The fourth-order valence-corrected chi connectivity index (χ4v) is 3.85. The molecule has 0 atom stereocenters. The number of hydrogen-bond acceptors (Lipinski definition) is 4. The quantitative estimate of drug-likeness (QED) is 0.270. The Hall–Kier alpha value is -3.08. The smallest absolute Gasteiger partial charge is 0.331 e. The van der Waals surface area contributed by atoms with Crippen molar-refractivity contribution in [2.75, 3.05) is 29.9 Å². The van der Waals surface area contributed by atoms with E-state index in [0.717, 1.165) is 72.4 Å². The lowest BCUT2D eigenvalue weighted by Crippen LogP contribution is -2.27. The SMILES string of the molecule is CCCCN(CCCC)c1ccc(/C(C)=C/C(=O)OCC)cc1NC(=O)Cc1cccc(C)c1. The van der Waals surface area contributed by atoms with Crippen LogP contribution in [0.5, 0.6) is 0 Å². The lowest BCUT2D eigenvalue weighted by atomic mass is 10.0. The summed E-state index contributed by atoms with van der Waals surface area (Å²) in [5.41, 5.74) is 5.60. The molecule has 0 heterocycles. The van der Waals surface area contributed by atoms with Gasteiger partial charge in [-0.2, -0.15) is 0 Å². The number of ether oxygens (including phenoxy) is 1. The molecule has 1 N–H and O–H groups in total. The third-order valence-electron chi connectivity index (χ3n) is 5.70. The predicted octanol–water partition coefficient (Wildman–Crippen LogP) is 6.55. The van der Waals surface area contributed by atoms with E-state index >= 15 is 0 Å². The number of anilines is 2. The Morgan fingerprint density at radius 3 is 2.32 bits per heavy atom. The lowest BCUT2D eigenvalue weighted by molar-refractivity contribution is -0.137. The van der Waals surface area contributed by atoms with E-state index in [2.05, 4.69) is 30.1 Å². The molecule has 184 valence electrons. The number of amides is 1. The van der Waals surface area contributed by atoms with E-state index in [-0.39, 0.29) is 11.9 Å². The highest BCUT2D eigenvalue weighted by molar-refractivity contribution is 5.97. The van der Waals surface area contributed by atoms with Crippen molar-refractivity contribution in [3.8, 4) is 0 Å². The van der Waals surface area contributed by atoms with Gasteiger partial charge in [0, 0.05) is 19.2 Å². The molecule has 0 fully saturated rings. The van der Waals surface area contributed by atoms with Crippen molar-refractivity contribution in [3.63, 3.8) is 0 Å². The minimum absolute atomic E-state index is 0.0537. The zero-order valence-corrected chi connectivity index (χ0v) is 21.4. The number of benzene rings is 2. The van der Waals surface area contributed by atoms with Crippen molar-refractivity contribution in [2.24, 2.45) is 0 Å². The van der Waals surface area contributed by atoms with Crippen molar-refractivity contribution in [2.45, 2.75) is 66.7 Å². The van der Waals surface area contributed by atoms with Gasteiger partial charge in [-0.3, -0.25) is 4.79 Å². The summed E-state index contributed by atoms with van der Waals surface area (Å²) in [6, 6.07) is 14.1. The molecule has 1 amide bonds. The van der Waals surface area contributed by atoms with Gasteiger partial charge in [0.2, 0.25) is 5.91 Å². The first-order chi connectivity index (χ1) is 16.4. The highest BCUT2D eigenvalue weighted by Gasteiger charge is 2.15. The monoisotopic (exact) mass is 464 g/mol. The second kappa shape index (κ2) is 14.2. The van der Waals surface area contributed by atoms with E-state index in [0.29, 0.717) is 13.0 Å². The molecule has 0 spiro atoms. The summed E-state index contributed by atoms with van der Waals surface area (Å²) >= 11 is 0. The Morgan fingerprint density at radius 1 is 1.00 bits per heavy atom. The molecule has 0 bridgehead atoms. The summed E-state index contributed by atoms with van der Waals surface area (Å²) in [4.78, 5) is 27.3. The van der Waals surface area contributed by atoms with Crippen LogP contribution in [0.4, 0.5) is 11.4 Å². The fourth-order valence-electron chi connectivity index (χ4n) is 3.85. The molecule has 2 aromatic carbocycles. The van der Waals surface area contributed by atoms with Gasteiger partial charge >= 0.3 is 5.97 Å². The maximum Gasteiger partial charge on any atom is 0.331 e. The summed E-state index contributed by atoms with van der Waals surface area (Å²) in [6.45, 7) is 12.3. The van der Waals surface area contributed by atoms with Gasteiger partial charge in [-0.15, -0.1) is 0 Å². The van der Waals surface area contributed by atoms with Crippen LogP contribution >= 0.6 is 0 Å². The summed E-state index contributed by atoms with van der Waals surface area (Å²) < 4.78 is 5.06. The molecule has 0 radical (unpaired) electrons. The zero-order valence-electron chi connectivity index (χ0n) is 21.4. The Labute approximate surface area is 205 Å². The van der Waals surface area contributed by atoms with Crippen LogP contribution in [0.2, 0.25) is 0 Å². The maximum atomic E-state index is 13.0. The number of carbonyl (C=O) groups excluding carboxylic acids is 2. The van der Waals surface area contributed by atoms with Crippen LogP contribution in [-0.4, -0.2) is 31.6 Å². The van der Waals surface area contributed by atoms with Crippen LogP contribution < -0.4 is 10.2 Å². The van der Waals surface area contributed by atoms with E-state index < -0.39 is 0 Å². The van der Waals surface area contributed by atoms with Crippen LogP contribution in [0.1, 0.15) is 70.1 Å². The first-order valence-electron chi connectivity index (χ1n) is 12.5. The Kier molecular flexibility index (Phi) is 11.4. The molecule has 2 aromatic rings. The summed E-state index contributed by atoms with van der Waals surface area (Å²) in [6.07, 6.45) is 6.21. The van der Waals surface area contributed by atoms with E-state index in [1.54, 1.807) is 6.92 Å². The van der Waals surface area contributed by atoms with E-state index in [4.69, 9.17) is 4.74 Å². The molecule has 34 heavy (non-hydrogen) atoms. The minimum atomic E-state index is -0.360. The van der Waals surface area contributed by atoms with Gasteiger partial charge in [0.15, 0.2) is 0 Å². The Bertz CT molecular complexity index is 973. The summed E-state index contributed by atoms with van der Waals surface area (Å²) in [7, 11) is 0. The van der Waals surface area contributed by atoms with Gasteiger partial charge in [0.05, 0.1) is 24.4 Å². The first kappa shape index (κ1) is 27.2. The molecule has 0 saturated heterocycles. The zero-order chi connectivity index (χ0) is 24.9. The number of carbonyl (C=O) groups is 2. The highest BCUT2D eigenvalue weighted by atomic mass is 16.5. The number of unbranched alkanes of at least 4 members (excludes halogenated alkanes) is 2. The van der Waals surface area contributed by atoms with Crippen LogP contribution in [0.25, 0.3) is 5.57 Å². The molecule has 0 aliphatic rings. The molecule has 2 rings (SSSR count). The third-order valence-corrected chi connectivity index (χ3v) is 5.70. The van der Waals surface area contributed by atoms with Crippen molar-refractivity contribution >= 4 is 28.8 Å². The summed E-state index contributed by atoms with van der Waals surface area (Å²) in [5.74, 6) is -0.413. The molecular formula is C29H40N2O3. The van der Waals surface area contributed by atoms with Crippen LogP contribution in [-0.2, 0) is 20.7 Å². The molecule has 0 aliphatic carbocycles. The van der Waals surface area contributed by atoms with Crippen molar-refractivity contribution in [1.29, 1.82) is 0 Å². The standard InChI is InChI=1S/C29H40N2O3/c1-6-9-16-31(17-10-7-2)27-15-14-25(23(5)19-29(33)34-8-3)21-26(27)30-28(32)20-24-13-11-12-22(4)18-24/h11-15,18-19,21H,6-10,16-17,20H2,1-5H3,(H,30,32)/b23-19+. The molecule has 5 heteroatoms. The maximum absolute atomic E-state index is 13.0. The molecule has 0 saturated carbocycles. The number of aryl methyl sites for hydroxylation is 1. The Morgan fingerprint density at radius 2 is 1.71 bits per heavy atom. The molecule has 5 nitrogen and oxygen atoms in total. The van der Waals surface area contributed by atoms with Crippen molar-refractivity contribution in [3.05, 3.63) is 65.2 Å². The van der Waals surface area contributed by atoms with E-state index in [1.165, 1.54) is 6.08 Å². The molecular weight excluding hydrogens is 424 g/mol. The average Bonchev–Trinajstić information content (AvgIpc) is 2.79. The minimum Gasteiger partial charge on any atom is -0.463 e. The van der Waals surface area contributed by atoms with Crippen molar-refractivity contribution in [1.82, 2.24) is 0 Å². The van der Waals surface area contributed by atoms with Gasteiger partial charge in [-0.05, 0) is 62.4 Å². The molecule has 0 aliphatic heterocycles. The average molecular weight is 465 g/mol. The predicted molar refractivity (Wildman–Crippen MR) is 142 cm³/mol. The molecule has 0 aromatic heterocycles. The second-order valence-electron chi connectivity index (χ2n) is 8.72. The first-order valence-corrected chi connectivity index (χ1v) is 12.5. The van der Waals surface area contributed by atoms with Gasteiger partial charge in [0.1, 0.15) is 0 Å². The summed E-state index contributed by atoms with van der Waals surface area (Å²) in [5, 5.41) is 3.16. The highest BCUT2D eigenvalue weighted by Crippen LogP contribution is 2.31. The van der Waals surface area contributed by atoms with E-state index in [1.807, 2.05) is 50.2 Å². The number of allylic oxidation sites excluding steroid dienone is 1. The number of rotatable bonds is 13. The van der Waals surface area contributed by atoms with Crippen LogP contribution in [0.3, 0.4) is 0 Å². The number of nitrogens with zero attached hydrogens (tertiary/aromatic N) is 1. The van der Waals surface area contributed by atoms with E-state index in [9.17, 15) is 9.59 Å². The number of esters is 1. The van der Waals surface area contributed by atoms with Gasteiger partial charge in [0.25, 0.3) is 0 Å². The van der Waals surface area contributed by atoms with Gasteiger partial charge in [-0.25, -0.2) is 4.79 Å². The fraction of sp³-hybridized carbons (Fsp3) is 0.448. The third kappa shape index (κ3) is 8.69. The normalized spacial score (nSPS) is 11.3. The Balaban J connectivity index is 2.39. The van der Waals surface area contributed by atoms with Gasteiger partial charge < -0.3 is 15.0 Å². The largest absolute Gasteiger partial charge is 0.463 e. The van der Waals surface area contributed by atoms with Gasteiger partial charge in [-0.1, -0.05) is 62.6 Å². The van der Waals surface area contributed by atoms with Crippen molar-refractivity contribution < 1.29 is 14.3 Å². The lowest BCUT2D eigenvalue weighted by Gasteiger charge is -2.28. The molecule has 0 unspecified atom stereocenters. The van der Waals surface area contributed by atoms with Crippen LogP contribution in [0.15, 0.2) is 48.5 Å². The second-order valence-corrected chi connectivity index (χ2v) is 8.72.